The highest BCUT2D eigenvalue weighted by Crippen LogP contribution is 2.38. The molecule has 0 radical (unpaired) electrons. The van der Waals surface area contributed by atoms with Crippen LogP contribution in [-0.4, -0.2) is 50.8 Å². The third-order valence-corrected chi connectivity index (χ3v) is 5.94. The zero-order valence-electron chi connectivity index (χ0n) is 14.9. The normalized spacial score (nSPS) is 20.6. The molecular weight excluding hydrogens is 312 g/mol. The molecular formula is C19H26N6. The minimum atomic E-state index is 0.583. The van der Waals surface area contributed by atoms with E-state index in [1.54, 1.807) is 0 Å². The number of hydrogen-bond acceptors (Lipinski definition) is 5. The number of aryl methyl sites for hydroxylation is 1. The van der Waals surface area contributed by atoms with E-state index in [2.05, 4.69) is 54.9 Å². The van der Waals surface area contributed by atoms with E-state index < -0.39 is 0 Å². The monoisotopic (exact) mass is 338 g/mol. The average molecular weight is 338 g/mol. The fourth-order valence-electron chi connectivity index (χ4n) is 4.01. The second-order valence-corrected chi connectivity index (χ2v) is 7.84. The summed E-state index contributed by atoms with van der Waals surface area (Å²) in [7, 11) is 2.23. The van der Waals surface area contributed by atoms with Gasteiger partial charge in [0, 0.05) is 50.8 Å². The van der Waals surface area contributed by atoms with Crippen molar-refractivity contribution < 1.29 is 0 Å². The van der Waals surface area contributed by atoms with Crippen LogP contribution >= 0.6 is 0 Å². The molecule has 1 saturated carbocycles. The minimum absolute atomic E-state index is 0.583. The van der Waals surface area contributed by atoms with E-state index in [9.17, 15) is 0 Å². The lowest BCUT2D eigenvalue weighted by molar-refractivity contribution is 0.191. The standard InChI is InChI=1S/C19H26N6/c1-23(11-15-10-20-18-4-2-3-9-25(15)18)16-12-24(13-16)19-8-7-17(21-22-19)14-5-6-14/h7-8,10,14,16H,2-6,9,11-13H2,1H3. The van der Waals surface area contributed by atoms with Crippen LogP contribution in [0.5, 0.6) is 0 Å². The number of likely N-dealkylation sites (N-methyl/N-ethyl adjacent to an activating group) is 1. The Labute approximate surface area is 148 Å². The van der Waals surface area contributed by atoms with Gasteiger partial charge < -0.3 is 9.47 Å². The molecule has 6 heteroatoms. The third kappa shape index (κ3) is 2.92. The lowest BCUT2D eigenvalue weighted by Crippen LogP contribution is -2.58. The Morgan fingerprint density at radius 1 is 1.16 bits per heavy atom. The predicted molar refractivity (Wildman–Crippen MR) is 96.6 cm³/mol. The van der Waals surface area contributed by atoms with Gasteiger partial charge in [0.15, 0.2) is 5.82 Å². The molecule has 2 aromatic rings. The van der Waals surface area contributed by atoms with Crippen LogP contribution in [0.4, 0.5) is 5.82 Å². The second kappa shape index (κ2) is 6.09. The largest absolute Gasteiger partial charge is 0.352 e. The second-order valence-electron chi connectivity index (χ2n) is 7.84. The third-order valence-electron chi connectivity index (χ3n) is 5.94. The maximum absolute atomic E-state index is 4.61. The average Bonchev–Trinajstić information content (AvgIpc) is 3.37. The van der Waals surface area contributed by atoms with E-state index in [1.807, 2.05) is 0 Å². The van der Waals surface area contributed by atoms with Crippen molar-refractivity contribution in [1.82, 2.24) is 24.6 Å². The van der Waals surface area contributed by atoms with Crippen molar-refractivity contribution in [2.45, 2.75) is 57.2 Å². The number of fused-ring (bicyclic) bond motifs is 1. The Kier molecular flexibility index (Phi) is 3.73. The Balaban J connectivity index is 1.18. The van der Waals surface area contributed by atoms with Crippen molar-refractivity contribution in [3.63, 3.8) is 0 Å². The summed E-state index contributed by atoms with van der Waals surface area (Å²) >= 11 is 0. The van der Waals surface area contributed by atoms with Crippen LogP contribution in [0.2, 0.25) is 0 Å². The Bertz CT molecular complexity index is 742. The number of imidazole rings is 1. The number of anilines is 1. The van der Waals surface area contributed by atoms with Gasteiger partial charge >= 0.3 is 0 Å². The molecule has 0 unspecified atom stereocenters. The number of aromatic nitrogens is 4. The molecule has 2 aliphatic heterocycles. The summed E-state index contributed by atoms with van der Waals surface area (Å²) in [5.41, 5.74) is 2.53. The van der Waals surface area contributed by atoms with E-state index in [4.69, 9.17) is 0 Å². The molecule has 132 valence electrons. The molecule has 0 bridgehead atoms. The van der Waals surface area contributed by atoms with Gasteiger partial charge in [0.25, 0.3) is 0 Å². The molecule has 2 fully saturated rings. The summed E-state index contributed by atoms with van der Waals surface area (Å²) in [6.07, 6.45) is 8.34. The molecule has 4 heterocycles. The van der Waals surface area contributed by atoms with E-state index >= 15 is 0 Å². The quantitative estimate of drug-likeness (QED) is 0.837. The number of nitrogens with zero attached hydrogens (tertiary/aromatic N) is 6. The first-order chi connectivity index (χ1) is 12.3. The number of rotatable bonds is 5. The van der Waals surface area contributed by atoms with E-state index in [1.165, 1.54) is 42.9 Å². The van der Waals surface area contributed by atoms with Crippen molar-refractivity contribution in [3.05, 3.63) is 35.5 Å². The molecule has 1 saturated heterocycles. The molecule has 0 spiro atoms. The summed E-state index contributed by atoms with van der Waals surface area (Å²) in [6.45, 7) is 4.19. The van der Waals surface area contributed by atoms with Crippen molar-refractivity contribution in [2.24, 2.45) is 0 Å². The summed E-state index contributed by atoms with van der Waals surface area (Å²) in [5, 5.41) is 8.84. The van der Waals surface area contributed by atoms with Crippen molar-refractivity contribution in [1.29, 1.82) is 0 Å². The van der Waals surface area contributed by atoms with Gasteiger partial charge in [-0.15, -0.1) is 5.10 Å². The molecule has 0 aromatic carbocycles. The minimum Gasteiger partial charge on any atom is -0.352 e. The zero-order chi connectivity index (χ0) is 16.8. The summed E-state index contributed by atoms with van der Waals surface area (Å²) in [5.74, 6) is 2.98. The van der Waals surface area contributed by atoms with Crippen LogP contribution < -0.4 is 4.90 Å². The van der Waals surface area contributed by atoms with E-state index in [-0.39, 0.29) is 0 Å². The van der Waals surface area contributed by atoms with Crippen molar-refractivity contribution >= 4 is 5.82 Å². The smallest absolute Gasteiger partial charge is 0.151 e. The molecule has 2 aromatic heterocycles. The molecule has 0 N–H and O–H groups in total. The van der Waals surface area contributed by atoms with Gasteiger partial charge in [-0.3, -0.25) is 4.90 Å². The molecule has 6 nitrogen and oxygen atoms in total. The maximum Gasteiger partial charge on any atom is 0.151 e. The molecule has 0 amide bonds. The first-order valence-corrected chi connectivity index (χ1v) is 9.60. The lowest BCUT2D eigenvalue weighted by atomic mass is 10.1. The van der Waals surface area contributed by atoms with Gasteiger partial charge in [-0.2, -0.15) is 5.10 Å². The Hall–Kier alpha value is -1.95. The SMILES string of the molecule is CN(Cc1cnc2n1CCCC2)C1CN(c2ccc(C3CC3)nn2)C1. The van der Waals surface area contributed by atoms with Crippen molar-refractivity contribution in [2.75, 3.05) is 25.0 Å². The van der Waals surface area contributed by atoms with Crippen LogP contribution in [-0.2, 0) is 19.5 Å². The molecule has 1 aliphatic carbocycles. The Morgan fingerprint density at radius 3 is 2.80 bits per heavy atom. The Morgan fingerprint density at radius 2 is 2.04 bits per heavy atom. The van der Waals surface area contributed by atoms with Gasteiger partial charge in [-0.05, 0) is 44.9 Å². The van der Waals surface area contributed by atoms with Gasteiger partial charge in [0.1, 0.15) is 5.82 Å². The van der Waals surface area contributed by atoms with Gasteiger partial charge in [0.05, 0.1) is 11.4 Å². The summed E-state index contributed by atoms with van der Waals surface area (Å²) in [6, 6.07) is 4.89. The molecule has 3 aliphatic rings. The van der Waals surface area contributed by atoms with Gasteiger partial charge in [0.2, 0.25) is 0 Å². The fourth-order valence-corrected chi connectivity index (χ4v) is 4.01. The van der Waals surface area contributed by atoms with Crippen LogP contribution in [0, 0.1) is 0 Å². The van der Waals surface area contributed by atoms with Crippen LogP contribution in [0.3, 0.4) is 0 Å². The highest BCUT2D eigenvalue weighted by atomic mass is 15.4. The first-order valence-electron chi connectivity index (χ1n) is 9.60. The van der Waals surface area contributed by atoms with Gasteiger partial charge in [-0.25, -0.2) is 4.98 Å². The van der Waals surface area contributed by atoms with Crippen molar-refractivity contribution in [3.8, 4) is 0 Å². The van der Waals surface area contributed by atoms with Gasteiger partial charge in [-0.1, -0.05) is 0 Å². The molecule has 5 rings (SSSR count). The summed E-state index contributed by atoms with van der Waals surface area (Å²) < 4.78 is 2.43. The topological polar surface area (TPSA) is 50.1 Å². The maximum atomic E-state index is 4.61. The predicted octanol–water partition coefficient (Wildman–Crippen LogP) is 2.21. The molecule has 0 atom stereocenters. The molecule has 25 heavy (non-hydrogen) atoms. The zero-order valence-corrected chi connectivity index (χ0v) is 14.9. The van der Waals surface area contributed by atoms with E-state index in [0.29, 0.717) is 12.0 Å². The highest BCUT2D eigenvalue weighted by molar-refractivity contribution is 5.42. The van der Waals surface area contributed by atoms with E-state index in [0.717, 1.165) is 38.4 Å². The first kappa shape index (κ1) is 15.3. The van der Waals surface area contributed by atoms with Crippen LogP contribution in [0.25, 0.3) is 0 Å². The summed E-state index contributed by atoms with van der Waals surface area (Å²) in [4.78, 5) is 9.40. The fraction of sp³-hybridized carbons (Fsp3) is 0.632. The van der Waals surface area contributed by atoms with Crippen LogP contribution in [0.15, 0.2) is 18.3 Å². The highest BCUT2D eigenvalue weighted by Gasteiger charge is 2.32. The van der Waals surface area contributed by atoms with Crippen LogP contribution in [0.1, 0.15) is 48.8 Å². The lowest BCUT2D eigenvalue weighted by Gasteiger charge is -2.44. The number of hydrogen-bond donors (Lipinski definition) is 0.